The van der Waals surface area contributed by atoms with Crippen LogP contribution in [0.4, 0.5) is 0 Å². The van der Waals surface area contributed by atoms with Crippen LogP contribution in [0.5, 0.6) is 0 Å². The van der Waals surface area contributed by atoms with Crippen molar-refractivity contribution >= 4 is 15.2 Å². The van der Waals surface area contributed by atoms with Gasteiger partial charge in [-0.05, 0) is 0 Å². The van der Waals surface area contributed by atoms with Gasteiger partial charge in [-0.15, -0.1) is 0 Å². The second-order valence-electron chi connectivity index (χ2n) is 6.35. The molecule has 2 heteroatoms. The monoisotopic (exact) mass is 288 g/mol. The van der Waals surface area contributed by atoms with Crippen molar-refractivity contribution in [1.82, 2.24) is 0 Å². The molecule has 0 fully saturated rings. The van der Waals surface area contributed by atoms with Gasteiger partial charge >= 0.3 is 117 Å². The van der Waals surface area contributed by atoms with Gasteiger partial charge in [-0.3, -0.25) is 0 Å². The summed E-state index contributed by atoms with van der Waals surface area (Å²) in [5.41, 5.74) is 0. The summed E-state index contributed by atoms with van der Waals surface area (Å²) in [4.78, 5) is 0. The first-order chi connectivity index (χ1) is 8.13. The predicted molar refractivity (Wildman–Crippen MR) is 82.0 cm³/mol. The average molecular weight is 289 g/mol. The van der Waals surface area contributed by atoms with Gasteiger partial charge < -0.3 is 12.4 Å². The Morgan fingerprint density at radius 3 is 1.33 bits per heavy atom. The van der Waals surface area contributed by atoms with Gasteiger partial charge in [0.25, 0.3) is 0 Å². The van der Waals surface area contributed by atoms with Crippen LogP contribution in [-0.2, 0) is 0 Å². The zero-order valence-electron chi connectivity index (χ0n) is 13.2. The van der Waals surface area contributed by atoms with Gasteiger partial charge in [0.05, 0.1) is 0 Å². The predicted octanol–water partition coefficient (Wildman–Crippen LogP) is 2.96. The van der Waals surface area contributed by atoms with Crippen LogP contribution in [0, 0.1) is 11.8 Å². The number of unbranched alkanes of at least 4 members (excludes halogenated alkanes) is 4. The zero-order chi connectivity index (χ0) is 12.9. The SMILES string of the molecule is CC(C)CCCC[CH2][Al+][CH2]CCCCC(C)C.[Cl-]. The van der Waals surface area contributed by atoms with E-state index >= 15 is 0 Å². The molecule has 0 saturated carbocycles. The Labute approximate surface area is 129 Å². The minimum atomic E-state index is 0. The molecular formula is C16H34AlCl. The molecule has 0 unspecified atom stereocenters. The molecule has 0 aliphatic carbocycles. The van der Waals surface area contributed by atoms with Gasteiger partial charge in [-0.2, -0.15) is 0 Å². The van der Waals surface area contributed by atoms with Gasteiger partial charge in [0.2, 0.25) is 0 Å². The van der Waals surface area contributed by atoms with E-state index in [9.17, 15) is 0 Å². The Kier molecular flexibility index (Phi) is 18.6. The number of rotatable bonds is 12. The summed E-state index contributed by atoms with van der Waals surface area (Å²) in [7, 11) is 0. The molecule has 108 valence electrons. The Balaban J connectivity index is 0. The van der Waals surface area contributed by atoms with Crippen LogP contribution in [0.25, 0.3) is 0 Å². The summed E-state index contributed by atoms with van der Waals surface area (Å²) in [5.74, 6) is 1.81. The fourth-order valence-electron chi connectivity index (χ4n) is 2.18. The summed E-state index contributed by atoms with van der Waals surface area (Å²) < 4.78 is 0. The van der Waals surface area contributed by atoms with E-state index in [0.29, 0.717) is 0 Å². The van der Waals surface area contributed by atoms with Crippen LogP contribution in [0.1, 0.15) is 79.1 Å². The third kappa shape index (κ3) is 19.2. The molecule has 0 heterocycles. The number of hydrogen-bond acceptors (Lipinski definition) is 0. The quantitative estimate of drug-likeness (QED) is 0.383. The molecule has 0 nitrogen and oxygen atoms in total. The molecule has 0 aromatic carbocycles. The molecule has 0 spiro atoms. The van der Waals surface area contributed by atoms with Crippen molar-refractivity contribution < 1.29 is 12.4 Å². The van der Waals surface area contributed by atoms with Gasteiger partial charge in [-0.1, -0.05) is 0 Å². The van der Waals surface area contributed by atoms with Crippen molar-refractivity contribution in [3.63, 3.8) is 0 Å². The molecule has 0 aliphatic rings. The molecule has 0 saturated heterocycles. The van der Waals surface area contributed by atoms with E-state index in [1.54, 1.807) is 10.6 Å². The van der Waals surface area contributed by atoms with E-state index < -0.39 is 0 Å². The molecule has 0 rings (SSSR count). The van der Waals surface area contributed by atoms with Gasteiger partial charge in [0, 0.05) is 0 Å². The van der Waals surface area contributed by atoms with Crippen LogP contribution in [0.2, 0.25) is 10.6 Å². The van der Waals surface area contributed by atoms with Crippen molar-refractivity contribution in [2.24, 2.45) is 11.8 Å². The smallest absolute Gasteiger partial charge is 1.00 e. The molecule has 0 amide bonds. The van der Waals surface area contributed by atoms with Crippen molar-refractivity contribution in [3.8, 4) is 0 Å². The molecular weight excluding hydrogens is 255 g/mol. The Hall–Kier alpha value is 0.822. The third-order valence-corrected chi connectivity index (χ3v) is 5.01. The molecule has 0 atom stereocenters. The van der Waals surface area contributed by atoms with E-state index in [4.69, 9.17) is 0 Å². The summed E-state index contributed by atoms with van der Waals surface area (Å²) in [6, 6.07) is 0. The second-order valence-corrected chi connectivity index (χ2v) is 8.08. The first-order valence-electron chi connectivity index (χ1n) is 7.94. The summed E-state index contributed by atoms with van der Waals surface area (Å²) in [6.07, 6.45) is 11.8. The normalized spacial score (nSPS) is 10.6. The fourth-order valence-corrected chi connectivity index (χ4v) is 3.62. The maximum atomic E-state index is 2.34. The average Bonchev–Trinajstić information content (AvgIpc) is 2.25. The molecule has 0 aromatic rings. The Morgan fingerprint density at radius 2 is 1.00 bits per heavy atom. The van der Waals surface area contributed by atoms with Crippen LogP contribution in [-0.4, -0.2) is 15.2 Å². The van der Waals surface area contributed by atoms with Crippen LogP contribution in [0.15, 0.2) is 0 Å². The van der Waals surface area contributed by atoms with E-state index in [2.05, 4.69) is 27.7 Å². The van der Waals surface area contributed by atoms with E-state index in [-0.39, 0.29) is 12.4 Å². The molecule has 0 radical (unpaired) electrons. The van der Waals surface area contributed by atoms with Gasteiger partial charge in [0.1, 0.15) is 0 Å². The first-order valence-corrected chi connectivity index (χ1v) is 9.58. The van der Waals surface area contributed by atoms with Crippen LogP contribution >= 0.6 is 0 Å². The molecule has 18 heavy (non-hydrogen) atoms. The first kappa shape index (κ1) is 21.1. The largest absolute Gasteiger partial charge is 1.00 e. The summed E-state index contributed by atoms with van der Waals surface area (Å²) in [5, 5.41) is 3.12. The van der Waals surface area contributed by atoms with Crippen molar-refractivity contribution in [3.05, 3.63) is 0 Å². The van der Waals surface area contributed by atoms with E-state index in [0.717, 1.165) is 27.1 Å². The Morgan fingerprint density at radius 1 is 0.611 bits per heavy atom. The minimum absolute atomic E-state index is 0. The molecule has 0 aromatic heterocycles. The second kappa shape index (κ2) is 15.9. The molecule has 0 bridgehead atoms. The minimum Gasteiger partial charge on any atom is -1.00 e. The molecule has 0 N–H and O–H groups in total. The topological polar surface area (TPSA) is 0 Å². The van der Waals surface area contributed by atoms with Gasteiger partial charge in [-0.25, -0.2) is 0 Å². The maximum absolute atomic E-state index is 2.34. The number of hydrogen-bond donors (Lipinski definition) is 0. The van der Waals surface area contributed by atoms with Crippen LogP contribution in [0.3, 0.4) is 0 Å². The summed E-state index contributed by atoms with van der Waals surface area (Å²) >= 11 is 0.780. The zero-order valence-corrected chi connectivity index (χ0v) is 15.1. The molecule has 0 aliphatic heterocycles. The van der Waals surface area contributed by atoms with E-state index in [1.165, 1.54) is 51.4 Å². The van der Waals surface area contributed by atoms with Gasteiger partial charge in [0.15, 0.2) is 0 Å². The number of halogens is 1. The van der Waals surface area contributed by atoms with E-state index in [1.807, 2.05) is 0 Å². The summed E-state index contributed by atoms with van der Waals surface area (Å²) in [6.45, 7) is 9.34. The fraction of sp³-hybridized carbons (Fsp3) is 1.00. The van der Waals surface area contributed by atoms with Crippen molar-refractivity contribution in [2.75, 3.05) is 0 Å². The van der Waals surface area contributed by atoms with Crippen molar-refractivity contribution in [2.45, 2.75) is 89.6 Å². The van der Waals surface area contributed by atoms with Crippen LogP contribution < -0.4 is 12.4 Å². The third-order valence-electron chi connectivity index (χ3n) is 3.38. The standard InChI is InChI=1S/2C8H17.Al.ClH/c2*1-4-5-6-7-8(2)3;;/h2*8H,1,4-7H2,2-3H3;;1H/q;;+1;/p-1. The van der Waals surface area contributed by atoms with Crippen molar-refractivity contribution in [1.29, 1.82) is 0 Å². The maximum Gasteiger partial charge on any atom is -1.00 e. The Bertz CT molecular complexity index is 130.